The number of hydrogen-bond donors (Lipinski definition) is 1. The molecule has 0 bridgehead atoms. The van der Waals surface area contributed by atoms with Crippen LogP contribution in [0.2, 0.25) is 0 Å². The first kappa shape index (κ1) is 13.0. The van der Waals surface area contributed by atoms with E-state index in [0.29, 0.717) is 13.2 Å². The molecule has 3 heteroatoms. The van der Waals surface area contributed by atoms with Crippen molar-refractivity contribution < 1.29 is 9.53 Å². The van der Waals surface area contributed by atoms with Gasteiger partial charge in [0.15, 0.2) is 0 Å². The van der Waals surface area contributed by atoms with Crippen molar-refractivity contribution in [2.45, 2.75) is 39.5 Å². The molecule has 0 aromatic heterocycles. The lowest BCUT2D eigenvalue weighted by atomic mass is 10.2. The summed E-state index contributed by atoms with van der Waals surface area (Å²) in [6, 6.07) is 0. The highest BCUT2D eigenvalue weighted by atomic mass is 16.5. The zero-order chi connectivity index (χ0) is 10.8. The van der Waals surface area contributed by atoms with Crippen molar-refractivity contribution in [1.29, 1.82) is 0 Å². The van der Waals surface area contributed by atoms with E-state index in [1.807, 2.05) is 6.92 Å². The Morgan fingerprint density at radius 3 is 2.71 bits per heavy atom. The summed E-state index contributed by atoms with van der Waals surface area (Å²) in [6.45, 7) is 9.02. The zero-order valence-electron chi connectivity index (χ0n) is 9.27. The van der Waals surface area contributed by atoms with Crippen molar-refractivity contribution in [3.8, 4) is 0 Å². The minimum atomic E-state index is -0.305. The molecule has 0 aliphatic carbocycles. The molecule has 3 nitrogen and oxygen atoms in total. The first-order valence-corrected chi connectivity index (χ1v) is 5.21. The van der Waals surface area contributed by atoms with Crippen molar-refractivity contribution in [2.75, 3.05) is 13.2 Å². The lowest BCUT2D eigenvalue weighted by molar-refractivity contribution is 0.144. The fourth-order valence-corrected chi connectivity index (χ4v) is 0.941. The van der Waals surface area contributed by atoms with Crippen LogP contribution in [-0.4, -0.2) is 19.2 Å². The van der Waals surface area contributed by atoms with E-state index < -0.39 is 0 Å². The maximum Gasteiger partial charge on any atom is 0.407 e. The SMILES string of the molecule is C=C(C)CCCNC(=O)OCCCC. The molecule has 0 aromatic carbocycles. The molecule has 0 saturated carbocycles. The van der Waals surface area contributed by atoms with Crippen LogP contribution in [0.15, 0.2) is 12.2 Å². The van der Waals surface area contributed by atoms with Crippen molar-refractivity contribution in [1.82, 2.24) is 5.32 Å². The average Bonchev–Trinajstić information content (AvgIpc) is 2.13. The summed E-state index contributed by atoms with van der Waals surface area (Å²) in [5.74, 6) is 0. The Balaban J connectivity index is 3.22. The van der Waals surface area contributed by atoms with Gasteiger partial charge < -0.3 is 10.1 Å². The number of nitrogens with one attached hydrogen (secondary N) is 1. The predicted octanol–water partition coefficient (Wildman–Crippen LogP) is 2.87. The van der Waals surface area contributed by atoms with Crippen molar-refractivity contribution >= 4 is 6.09 Å². The second kappa shape index (κ2) is 8.60. The molecule has 0 aliphatic rings. The lowest BCUT2D eigenvalue weighted by Gasteiger charge is -2.05. The Labute approximate surface area is 86.5 Å². The highest BCUT2D eigenvalue weighted by Crippen LogP contribution is 1.98. The number of allylic oxidation sites excluding steroid dienone is 1. The summed E-state index contributed by atoms with van der Waals surface area (Å²) >= 11 is 0. The van der Waals surface area contributed by atoms with Gasteiger partial charge in [-0.2, -0.15) is 0 Å². The van der Waals surface area contributed by atoms with E-state index in [-0.39, 0.29) is 6.09 Å². The average molecular weight is 199 g/mol. The Morgan fingerprint density at radius 2 is 2.14 bits per heavy atom. The molecule has 14 heavy (non-hydrogen) atoms. The molecule has 1 N–H and O–H groups in total. The summed E-state index contributed by atoms with van der Waals surface area (Å²) < 4.78 is 4.92. The second-order valence-electron chi connectivity index (χ2n) is 3.48. The summed E-state index contributed by atoms with van der Waals surface area (Å²) in [6.07, 6.45) is 3.55. The predicted molar refractivity (Wildman–Crippen MR) is 58.3 cm³/mol. The van der Waals surface area contributed by atoms with Gasteiger partial charge in [0, 0.05) is 6.54 Å². The Bertz CT molecular complexity index is 178. The van der Waals surface area contributed by atoms with Crippen LogP contribution in [0.4, 0.5) is 4.79 Å². The summed E-state index contributed by atoms with van der Waals surface area (Å²) in [4.78, 5) is 11.0. The number of unbranched alkanes of at least 4 members (excludes halogenated alkanes) is 1. The first-order chi connectivity index (χ1) is 6.66. The number of hydrogen-bond acceptors (Lipinski definition) is 2. The van der Waals surface area contributed by atoms with Gasteiger partial charge in [-0.15, -0.1) is 6.58 Å². The highest BCUT2D eigenvalue weighted by molar-refractivity contribution is 5.66. The van der Waals surface area contributed by atoms with Gasteiger partial charge in [0.2, 0.25) is 0 Å². The molecule has 0 unspecified atom stereocenters. The van der Waals surface area contributed by atoms with Crippen molar-refractivity contribution in [2.24, 2.45) is 0 Å². The van der Waals surface area contributed by atoms with E-state index in [9.17, 15) is 4.79 Å². The van der Waals surface area contributed by atoms with E-state index in [1.54, 1.807) is 0 Å². The van der Waals surface area contributed by atoms with Crippen LogP contribution in [0.5, 0.6) is 0 Å². The van der Waals surface area contributed by atoms with E-state index in [4.69, 9.17) is 4.74 Å². The van der Waals surface area contributed by atoms with Crippen molar-refractivity contribution in [3.63, 3.8) is 0 Å². The van der Waals surface area contributed by atoms with Crippen LogP contribution in [0.1, 0.15) is 39.5 Å². The summed E-state index contributed by atoms with van der Waals surface area (Å²) in [7, 11) is 0. The molecule has 0 atom stereocenters. The Hall–Kier alpha value is -0.990. The maximum atomic E-state index is 11.0. The summed E-state index contributed by atoms with van der Waals surface area (Å²) in [5.41, 5.74) is 1.14. The fraction of sp³-hybridized carbons (Fsp3) is 0.727. The van der Waals surface area contributed by atoms with Gasteiger partial charge in [0.1, 0.15) is 0 Å². The molecular weight excluding hydrogens is 178 g/mol. The fourth-order valence-electron chi connectivity index (χ4n) is 0.941. The van der Waals surface area contributed by atoms with E-state index in [0.717, 1.165) is 31.3 Å². The molecular formula is C11H21NO2. The first-order valence-electron chi connectivity index (χ1n) is 5.21. The van der Waals surface area contributed by atoms with Gasteiger partial charge in [-0.1, -0.05) is 18.9 Å². The third kappa shape index (κ3) is 9.10. The van der Waals surface area contributed by atoms with Crippen molar-refractivity contribution in [3.05, 3.63) is 12.2 Å². The molecule has 0 aromatic rings. The lowest BCUT2D eigenvalue weighted by Crippen LogP contribution is -2.25. The summed E-state index contributed by atoms with van der Waals surface area (Å²) in [5, 5.41) is 2.69. The van der Waals surface area contributed by atoms with Gasteiger partial charge in [-0.05, 0) is 26.2 Å². The van der Waals surface area contributed by atoms with Crippen LogP contribution >= 0.6 is 0 Å². The zero-order valence-corrected chi connectivity index (χ0v) is 9.27. The van der Waals surface area contributed by atoms with Gasteiger partial charge in [0.25, 0.3) is 0 Å². The number of rotatable bonds is 7. The topological polar surface area (TPSA) is 38.3 Å². The van der Waals surface area contributed by atoms with Gasteiger partial charge in [-0.25, -0.2) is 4.79 Å². The maximum absolute atomic E-state index is 11.0. The molecule has 0 spiro atoms. The Kier molecular flexibility index (Phi) is 7.99. The van der Waals surface area contributed by atoms with Gasteiger partial charge >= 0.3 is 6.09 Å². The third-order valence-corrected chi connectivity index (χ3v) is 1.78. The molecule has 0 saturated heterocycles. The second-order valence-corrected chi connectivity index (χ2v) is 3.48. The normalized spacial score (nSPS) is 9.57. The number of alkyl carbamates (subject to hydrolysis) is 1. The van der Waals surface area contributed by atoms with Crippen LogP contribution < -0.4 is 5.32 Å². The molecule has 1 amide bonds. The minimum Gasteiger partial charge on any atom is -0.450 e. The molecule has 82 valence electrons. The molecule has 0 rings (SSSR count). The van der Waals surface area contributed by atoms with E-state index >= 15 is 0 Å². The Morgan fingerprint density at radius 1 is 1.43 bits per heavy atom. The number of amides is 1. The number of carbonyl (C=O) groups is 1. The third-order valence-electron chi connectivity index (χ3n) is 1.78. The van der Waals surface area contributed by atoms with Gasteiger partial charge in [-0.3, -0.25) is 0 Å². The quantitative estimate of drug-likeness (QED) is 0.505. The minimum absolute atomic E-state index is 0.305. The monoisotopic (exact) mass is 199 g/mol. The van der Waals surface area contributed by atoms with E-state index in [1.165, 1.54) is 0 Å². The van der Waals surface area contributed by atoms with Crippen LogP contribution in [-0.2, 0) is 4.74 Å². The molecule has 0 radical (unpaired) electrons. The smallest absolute Gasteiger partial charge is 0.407 e. The van der Waals surface area contributed by atoms with Crippen LogP contribution in [0.3, 0.4) is 0 Å². The van der Waals surface area contributed by atoms with Crippen LogP contribution in [0.25, 0.3) is 0 Å². The van der Waals surface area contributed by atoms with E-state index in [2.05, 4.69) is 18.8 Å². The van der Waals surface area contributed by atoms with Gasteiger partial charge in [0.05, 0.1) is 6.61 Å². The largest absolute Gasteiger partial charge is 0.450 e. The molecule has 0 aliphatic heterocycles. The molecule has 0 fully saturated rings. The standard InChI is InChI=1S/C11H21NO2/c1-4-5-9-14-11(13)12-8-6-7-10(2)3/h2,4-9H2,1,3H3,(H,12,13). The highest BCUT2D eigenvalue weighted by Gasteiger charge is 1.99. The molecule has 0 heterocycles. The van der Waals surface area contributed by atoms with Crippen LogP contribution in [0, 0.1) is 0 Å². The number of carbonyl (C=O) groups excluding carboxylic acids is 1. The number of ether oxygens (including phenoxy) is 1.